The first-order valence-corrected chi connectivity index (χ1v) is 7.60. The molecule has 0 aliphatic rings. The van der Waals surface area contributed by atoms with E-state index in [0.717, 1.165) is 10.5 Å². The third kappa shape index (κ3) is 4.36. The van der Waals surface area contributed by atoms with Crippen molar-refractivity contribution >= 4 is 11.8 Å². The molecule has 110 valence electrons. The van der Waals surface area contributed by atoms with Crippen LogP contribution in [0.5, 0.6) is 5.75 Å². The summed E-state index contributed by atoms with van der Waals surface area (Å²) in [5.74, 6) is 0.697. The van der Waals surface area contributed by atoms with E-state index < -0.39 is 12.2 Å². The lowest BCUT2D eigenvalue weighted by Gasteiger charge is -2.24. The van der Waals surface area contributed by atoms with Gasteiger partial charge in [0.15, 0.2) is 6.10 Å². The summed E-state index contributed by atoms with van der Waals surface area (Å²) in [6, 6.07) is 17.3. The average Bonchev–Trinajstić information content (AvgIpc) is 2.53. The van der Waals surface area contributed by atoms with E-state index in [2.05, 4.69) is 6.58 Å². The van der Waals surface area contributed by atoms with Gasteiger partial charge < -0.3 is 15.6 Å². The quantitative estimate of drug-likeness (QED) is 0.770. The number of hydrogen-bond acceptors (Lipinski definition) is 4. The van der Waals surface area contributed by atoms with Crippen molar-refractivity contribution in [2.24, 2.45) is 5.73 Å². The van der Waals surface area contributed by atoms with Crippen LogP contribution in [0, 0.1) is 0 Å². The largest absolute Gasteiger partial charge is 0.483 e. The highest BCUT2D eigenvalue weighted by Gasteiger charge is 2.21. The lowest BCUT2D eigenvalue weighted by Crippen LogP contribution is -2.30. The summed E-state index contributed by atoms with van der Waals surface area (Å²) in [6.07, 6.45) is -1.25. The minimum atomic E-state index is -0.761. The molecule has 0 amide bonds. The minimum Gasteiger partial charge on any atom is -0.483 e. The van der Waals surface area contributed by atoms with Crippen molar-refractivity contribution in [1.29, 1.82) is 0 Å². The summed E-state index contributed by atoms with van der Waals surface area (Å²) in [5.41, 5.74) is 6.49. The van der Waals surface area contributed by atoms with Crippen molar-refractivity contribution in [3.05, 3.63) is 72.1 Å². The number of nitrogens with two attached hydrogens (primary N) is 1. The lowest BCUT2D eigenvalue weighted by atomic mass is 10.0. The second-order valence-corrected chi connectivity index (χ2v) is 5.55. The molecule has 0 fully saturated rings. The van der Waals surface area contributed by atoms with E-state index in [4.69, 9.17) is 10.5 Å². The maximum absolute atomic E-state index is 10.1. The molecule has 4 heteroatoms. The van der Waals surface area contributed by atoms with E-state index in [1.807, 2.05) is 54.6 Å². The monoisotopic (exact) mass is 301 g/mol. The molecule has 3 nitrogen and oxygen atoms in total. The first kappa shape index (κ1) is 15.6. The normalized spacial score (nSPS) is 13.4. The molecule has 2 aromatic carbocycles. The predicted octanol–water partition coefficient (Wildman–Crippen LogP) is 3.36. The van der Waals surface area contributed by atoms with Gasteiger partial charge in [-0.2, -0.15) is 0 Å². The molecular formula is C17H19NO2S. The number of ether oxygens (including phenoxy) is 1. The van der Waals surface area contributed by atoms with Crippen LogP contribution in [0.15, 0.2) is 71.5 Å². The van der Waals surface area contributed by atoms with Gasteiger partial charge in [0.1, 0.15) is 11.9 Å². The van der Waals surface area contributed by atoms with Crippen LogP contribution >= 0.6 is 11.8 Å². The van der Waals surface area contributed by atoms with E-state index in [-0.39, 0.29) is 6.54 Å². The summed E-state index contributed by atoms with van der Waals surface area (Å²) in [6.45, 7) is 3.84. The SMILES string of the molecule is C=CSc1cccc(OC(c2ccccc2)C(O)CN)c1. The zero-order valence-corrected chi connectivity index (χ0v) is 12.5. The fourth-order valence-electron chi connectivity index (χ4n) is 2.00. The van der Waals surface area contributed by atoms with Gasteiger partial charge in [-0.25, -0.2) is 0 Å². The van der Waals surface area contributed by atoms with Gasteiger partial charge in [0, 0.05) is 11.4 Å². The molecule has 0 aliphatic carbocycles. The Kier molecular flexibility index (Phi) is 5.87. The van der Waals surface area contributed by atoms with Gasteiger partial charge in [0.05, 0.1) is 0 Å². The van der Waals surface area contributed by atoms with Gasteiger partial charge in [0.25, 0.3) is 0 Å². The fraction of sp³-hybridized carbons (Fsp3) is 0.176. The number of aliphatic hydroxyl groups excluding tert-OH is 1. The van der Waals surface area contributed by atoms with Gasteiger partial charge in [-0.1, -0.05) is 54.7 Å². The van der Waals surface area contributed by atoms with Crippen molar-refractivity contribution in [3.63, 3.8) is 0 Å². The topological polar surface area (TPSA) is 55.5 Å². The van der Waals surface area contributed by atoms with Crippen molar-refractivity contribution in [3.8, 4) is 5.75 Å². The molecule has 21 heavy (non-hydrogen) atoms. The van der Waals surface area contributed by atoms with E-state index >= 15 is 0 Å². The highest BCUT2D eigenvalue weighted by Crippen LogP contribution is 2.28. The van der Waals surface area contributed by atoms with E-state index in [1.165, 1.54) is 11.8 Å². The van der Waals surface area contributed by atoms with Crippen molar-refractivity contribution in [2.45, 2.75) is 17.1 Å². The molecule has 2 unspecified atom stereocenters. The van der Waals surface area contributed by atoms with Crippen molar-refractivity contribution in [2.75, 3.05) is 6.54 Å². The summed E-state index contributed by atoms with van der Waals surface area (Å²) in [7, 11) is 0. The summed E-state index contributed by atoms with van der Waals surface area (Å²) >= 11 is 1.52. The van der Waals surface area contributed by atoms with Crippen molar-refractivity contribution in [1.82, 2.24) is 0 Å². The molecule has 0 heterocycles. The van der Waals surface area contributed by atoms with Gasteiger partial charge in [-0.3, -0.25) is 0 Å². The molecule has 0 saturated heterocycles. The Balaban J connectivity index is 2.23. The second-order valence-electron chi connectivity index (χ2n) is 4.51. The molecule has 0 aromatic heterocycles. The minimum absolute atomic E-state index is 0.140. The Morgan fingerprint density at radius 1 is 1.19 bits per heavy atom. The van der Waals surface area contributed by atoms with Gasteiger partial charge in [-0.05, 0) is 29.2 Å². The Morgan fingerprint density at radius 3 is 2.62 bits per heavy atom. The molecule has 2 atom stereocenters. The van der Waals surface area contributed by atoms with Crippen LogP contribution in [-0.2, 0) is 0 Å². The number of rotatable bonds is 7. The number of thioether (sulfide) groups is 1. The molecule has 0 saturated carbocycles. The molecule has 3 N–H and O–H groups in total. The molecule has 2 aromatic rings. The Labute approximate surface area is 129 Å². The number of benzene rings is 2. The van der Waals surface area contributed by atoms with Gasteiger partial charge >= 0.3 is 0 Å². The summed E-state index contributed by atoms with van der Waals surface area (Å²) < 4.78 is 5.96. The van der Waals surface area contributed by atoms with Crippen LogP contribution in [0.2, 0.25) is 0 Å². The first-order chi connectivity index (χ1) is 10.2. The summed E-state index contributed by atoms with van der Waals surface area (Å²) in [4.78, 5) is 1.04. The van der Waals surface area contributed by atoms with Crippen LogP contribution in [0.3, 0.4) is 0 Å². The Morgan fingerprint density at radius 2 is 1.95 bits per heavy atom. The average molecular weight is 301 g/mol. The fourth-order valence-corrected chi connectivity index (χ4v) is 2.53. The predicted molar refractivity (Wildman–Crippen MR) is 87.4 cm³/mol. The Bertz CT molecular complexity index is 574. The molecule has 0 bridgehead atoms. The first-order valence-electron chi connectivity index (χ1n) is 6.72. The van der Waals surface area contributed by atoms with Gasteiger partial charge in [-0.15, -0.1) is 0 Å². The molecule has 0 radical (unpaired) electrons. The summed E-state index contributed by atoms with van der Waals surface area (Å²) in [5, 5.41) is 11.9. The van der Waals surface area contributed by atoms with Crippen LogP contribution < -0.4 is 10.5 Å². The third-order valence-electron chi connectivity index (χ3n) is 3.01. The molecule has 0 aliphatic heterocycles. The molecule has 2 rings (SSSR count). The zero-order chi connectivity index (χ0) is 15.1. The molecular weight excluding hydrogens is 282 g/mol. The lowest BCUT2D eigenvalue weighted by molar-refractivity contribution is 0.0412. The van der Waals surface area contributed by atoms with Crippen LogP contribution in [-0.4, -0.2) is 17.8 Å². The standard InChI is InChI=1S/C17H19NO2S/c1-2-21-15-10-6-9-14(11-15)20-17(16(19)12-18)13-7-4-3-5-8-13/h2-11,16-17,19H,1,12,18H2. The smallest absolute Gasteiger partial charge is 0.151 e. The van der Waals surface area contributed by atoms with Crippen LogP contribution in [0.4, 0.5) is 0 Å². The number of hydrogen-bond donors (Lipinski definition) is 2. The van der Waals surface area contributed by atoms with Crippen LogP contribution in [0.1, 0.15) is 11.7 Å². The maximum Gasteiger partial charge on any atom is 0.151 e. The third-order valence-corrected chi connectivity index (χ3v) is 3.70. The van der Waals surface area contributed by atoms with Crippen LogP contribution in [0.25, 0.3) is 0 Å². The highest BCUT2D eigenvalue weighted by molar-refractivity contribution is 8.02. The van der Waals surface area contributed by atoms with E-state index in [0.29, 0.717) is 5.75 Å². The maximum atomic E-state index is 10.1. The number of aliphatic hydroxyl groups is 1. The van der Waals surface area contributed by atoms with E-state index in [9.17, 15) is 5.11 Å². The van der Waals surface area contributed by atoms with Crippen molar-refractivity contribution < 1.29 is 9.84 Å². The second kappa shape index (κ2) is 7.88. The highest BCUT2D eigenvalue weighted by atomic mass is 32.2. The molecule has 0 spiro atoms. The van der Waals surface area contributed by atoms with Gasteiger partial charge in [0.2, 0.25) is 0 Å². The van der Waals surface area contributed by atoms with E-state index in [1.54, 1.807) is 5.41 Å². The zero-order valence-electron chi connectivity index (χ0n) is 11.7. The Hall–Kier alpha value is -1.75.